The molecule has 1 aliphatic heterocycles. The third-order valence-electron chi connectivity index (χ3n) is 5.96. The first-order chi connectivity index (χ1) is 14.5. The van der Waals surface area contributed by atoms with E-state index in [-0.39, 0.29) is 22.8 Å². The first-order valence-corrected chi connectivity index (χ1v) is 12.4. The van der Waals surface area contributed by atoms with Gasteiger partial charge >= 0.3 is 6.18 Å². The lowest BCUT2D eigenvalue weighted by Gasteiger charge is -2.37. The van der Waals surface area contributed by atoms with Gasteiger partial charge in [0.2, 0.25) is 10.0 Å². The average Bonchev–Trinajstić information content (AvgIpc) is 3.52. The van der Waals surface area contributed by atoms with Gasteiger partial charge in [0.05, 0.1) is 17.0 Å². The zero-order chi connectivity index (χ0) is 22.8. The zero-order valence-corrected chi connectivity index (χ0v) is 18.9. The Labute approximate surface area is 182 Å². The van der Waals surface area contributed by atoms with Gasteiger partial charge in [0, 0.05) is 31.6 Å². The van der Waals surface area contributed by atoms with Gasteiger partial charge in [0.25, 0.3) is 0 Å². The minimum Gasteiger partial charge on any atom is -0.298 e. The van der Waals surface area contributed by atoms with Gasteiger partial charge in [-0.1, -0.05) is 19.9 Å². The summed E-state index contributed by atoms with van der Waals surface area (Å²) in [5.41, 5.74) is -0.959. The van der Waals surface area contributed by atoms with E-state index in [9.17, 15) is 26.4 Å². The highest BCUT2D eigenvalue weighted by Crippen LogP contribution is 2.38. The van der Waals surface area contributed by atoms with Gasteiger partial charge in [-0.25, -0.2) is 8.42 Å². The minimum atomic E-state index is -4.59. The van der Waals surface area contributed by atoms with Crippen molar-refractivity contribution in [3.63, 3.8) is 0 Å². The van der Waals surface area contributed by atoms with Crippen LogP contribution in [0.2, 0.25) is 0 Å². The summed E-state index contributed by atoms with van der Waals surface area (Å²) in [5.74, 6) is 0.672. The van der Waals surface area contributed by atoms with E-state index >= 15 is 0 Å². The fraction of sp³-hybridized carbons (Fsp3) is 0.682. The average molecular weight is 461 g/mol. The number of Topliss-reactive ketones (excluding diaryl/α,β-unsaturated/α-hetero) is 1. The molecule has 0 atom stereocenters. The lowest BCUT2D eigenvalue weighted by atomic mass is 10.0. The molecule has 2 fully saturated rings. The lowest BCUT2D eigenvalue weighted by molar-refractivity contribution is -0.137. The summed E-state index contributed by atoms with van der Waals surface area (Å²) >= 11 is 0. The molecule has 2 aliphatic rings. The van der Waals surface area contributed by atoms with E-state index in [1.165, 1.54) is 10.4 Å². The van der Waals surface area contributed by atoms with Gasteiger partial charge in [0.15, 0.2) is 0 Å². The Balaban J connectivity index is 1.68. The normalized spacial score (nSPS) is 19.3. The van der Waals surface area contributed by atoms with Crippen molar-refractivity contribution in [3.05, 3.63) is 29.8 Å². The van der Waals surface area contributed by atoms with E-state index in [1.807, 2.05) is 0 Å². The molecule has 0 radical (unpaired) electrons. The number of carbonyl (C=O) groups excluding carboxylic acids is 1. The molecule has 0 aromatic heterocycles. The highest BCUT2D eigenvalue weighted by molar-refractivity contribution is 7.89. The number of benzene rings is 1. The molecule has 1 aromatic rings. The number of hydrogen-bond acceptors (Lipinski definition) is 4. The largest absolute Gasteiger partial charge is 0.416 e. The van der Waals surface area contributed by atoms with E-state index in [2.05, 4.69) is 18.7 Å². The van der Waals surface area contributed by atoms with Gasteiger partial charge in [-0.15, -0.1) is 0 Å². The second kappa shape index (κ2) is 9.58. The number of hydrogen-bond donors (Lipinski definition) is 0. The number of sulfonamides is 1. The van der Waals surface area contributed by atoms with Crippen LogP contribution in [0.1, 0.15) is 57.9 Å². The Hall–Kier alpha value is -1.45. The van der Waals surface area contributed by atoms with Gasteiger partial charge in [0.1, 0.15) is 5.78 Å². The molecule has 0 bridgehead atoms. The Morgan fingerprint density at radius 3 is 2.29 bits per heavy atom. The number of nitrogens with zero attached hydrogens (tertiary/aromatic N) is 2. The minimum absolute atomic E-state index is 0.149. The van der Waals surface area contributed by atoms with Gasteiger partial charge < -0.3 is 0 Å². The van der Waals surface area contributed by atoms with Crippen molar-refractivity contribution in [1.29, 1.82) is 0 Å². The molecule has 174 valence electrons. The van der Waals surface area contributed by atoms with E-state index in [0.29, 0.717) is 44.8 Å². The molecule has 1 saturated heterocycles. The molecule has 31 heavy (non-hydrogen) atoms. The predicted octanol–water partition coefficient (Wildman–Crippen LogP) is 4.33. The summed E-state index contributed by atoms with van der Waals surface area (Å²) in [6.45, 7) is 5.76. The van der Waals surface area contributed by atoms with E-state index in [1.54, 1.807) is 0 Å². The molecule has 9 heteroatoms. The zero-order valence-electron chi connectivity index (χ0n) is 18.1. The molecule has 0 amide bonds. The molecular formula is C22H31F3N2O3S. The number of ketones is 1. The van der Waals surface area contributed by atoms with Crippen LogP contribution in [0.3, 0.4) is 0 Å². The third-order valence-corrected chi connectivity index (χ3v) is 7.96. The van der Waals surface area contributed by atoms with Crippen molar-refractivity contribution in [3.8, 4) is 0 Å². The number of likely N-dealkylation sites (tertiary alicyclic amines) is 1. The van der Waals surface area contributed by atoms with Crippen molar-refractivity contribution in [2.24, 2.45) is 5.92 Å². The van der Waals surface area contributed by atoms with Crippen molar-refractivity contribution in [2.45, 2.75) is 75.5 Å². The van der Waals surface area contributed by atoms with Crippen molar-refractivity contribution in [2.75, 3.05) is 19.6 Å². The topological polar surface area (TPSA) is 57.7 Å². The van der Waals surface area contributed by atoms with Crippen LogP contribution < -0.4 is 0 Å². The Kier molecular flexibility index (Phi) is 7.48. The second-order valence-electron chi connectivity index (χ2n) is 9.07. The molecule has 1 aromatic carbocycles. The maximum atomic E-state index is 13.3. The molecule has 1 aliphatic carbocycles. The molecule has 0 spiro atoms. The van der Waals surface area contributed by atoms with Crippen LogP contribution in [-0.2, 0) is 21.0 Å². The van der Waals surface area contributed by atoms with E-state index < -0.39 is 21.8 Å². The Bertz CT molecular complexity index is 874. The fourth-order valence-electron chi connectivity index (χ4n) is 4.08. The monoisotopic (exact) mass is 460 g/mol. The maximum absolute atomic E-state index is 13.3. The van der Waals surface area contributed by atoms with Crippen LogP contribution in [0.15, 0.2) is 29.2 Å². The van der Waals surface area contributed by atoms with Crippen LogP contribution in [0.5, 0.6) is 0 Å². The Morgan fingerprint density at radius 2 is 1.74 bits per heavy atom. The first kappa shape index (κ1) is 24.2. The molecule has 0 N–H and O–H groups in total. The smallest absolute Gasteiger partial charge is 0.298 e. The first-order valence-electron chi connectivity index (χ1n) is 10.9. The van der Waals surface area contributed by atoms with Crippen LogP contribution in [-0.4, -0.2) is 55.1 Å². The standard InChI is InChI=1S/C22H31F3N2O3S/c1-16(2)6-9-20(28)15-26-12-10-19(11-13-26)27(18-7-8-18)31(29,30)21-5-3-4-17(14-21)22(23,24)25/h3-5,14,16,18-19H,6-13,15H2,1-2H3. The van der Waals surface area contributed by atoms with E-state index in [0.717, 1.165) is 37.5 Å². The van der Waals surface area contributed by atoms with Crippen LogP contribution in [0.25, 0.3) is 0 Å². The quantitative estimate of drug-likeness (QED) is 0.551. The molecular weight excluding hydrogens is 429 g/mol. The van der Waals surface area contributed by atoms with Gasteiger partial charge in [-0.2, -0.15) is 17.5 Å². The number of piperidine rings is 1. The lowest BCUT2D eigenvalue weighted by Crippen LogP contribution is -2.49. The van der Waals surface area contributed by atoms with Crippen LogP contribution in [0.4, 0.5) is 13.2 Å². The van der Waals surface area contributed by atoms with Crippen molar-refractivity contribution in [1.82, 2.24) is 9.21 Å². The summed E-state index contributed by atoms with van der Waals surface area (Å²) in [5, 5.41) is 0. The number of alkyl halides is 3. The van der Waals surface area contributed by atoms with Gasteiger partial charge in [-0.05, 0) is 56.2 Å². The summed E-state index contributed by atoms with van der Waals surface area (Å²) in [7, 11) is -4.03. The highest BCUT2D eigenvalue weighted by atomic mass is 32.2. The number of halogens is 3. The Morgan fingerprint density at radius 1 is 1.13 bits per heavy atom. The van der Waals surface area contributed by atoms with Crippen molar-refractivity contribution < 1.29 is 26.4 Å². The molecule has 3 rings (SSSR count). The molecule has 1 heterocycles. The number of rotatable bonds is 9. The SMILES string of the molecule is CC(C)CCC(=O)CN1CCC(N(C2CC2)S(=O)(=O)c2cccc(C(F)(F)F)c2)CC1. The summed E-state index contributed by atoms with van der Waals surface area (Å²) in [6.07, 6.45) is -0.574. The molecule has 5 nitrogen and oxygen atoms in total. The van der Waals surface area contributed by atoms with Gasteiger partial charge in [-0.3, -0.25) is 9.69 Å². The van der Waals surface area contributed by atoms with Crippen molar-refractivity contribution >= 4 is 15.8 Å². The summed E-state index contributed by atoms with van der Waals surface area (Å²) in [6, 6.07) is 3.59. The highest BCUT2D eigenvalue weighted by Gasteiger charge is 2.44. The molecule has 0 unspecified atom stereocenters. The fourth-order valence-corrected chi connectivity index (χ4v) is 6.06. The van der Waals surface area contributed by atoms with Crippen LogP contribution in [0, 0.1) is 5.92 Å². The molecule has 1 saturated carbocycles. The summed E-state index contributed by atoms with van der Waals surface area (Å²) < 4.78 is 67.3. The third kappa shape index (κ3) is 6.29. The van der Waals surface area contributed by atoms with Crippen LogP contribution >= 0.6 is 0 Å². The van der Waals surface area contributed by atoms with E-state index in [4.69, 9.17) is 0 Å². The maximum Gasteiger partial charge on any atom is 0.416 e. The predicted molar refractivity (Wildman–Crippen MR) is 112 cm³/mol. The second-order valence-corrected chi connectivity index (χ2v) is 10.9. The summed E-state index contributed by atoms with van der Waals surface area (Å²) in [4.78, 5) is 13.9. The number of carbonyl (C=O) groups is 1.